The molecule has 0 aliphatic heterocycles. The molecule has 0 bridgehead atoms. The van der Waals surface area contributed by atoms with Crippen LogP contribution in [0.15, 0.2) is 42.7 Å². The van der Waals surface area contributed by atoms with Gasteiger partial charge in [-0.15, -0.1) is 0 Å². The number of nitrogen functional groups attached to an aromatic ring is 1. The van der Waals surface area contributed by atoms with Gasteiger partial charge in [0.2, 0.25) is 5.95 Å². The molecule has 5 heteroatoms. The second-order valence-electron chi connectivity index (χ2n) is 3.84. The van der Waals surface area contributed by atoms with E-state index in [0.717, 1.165) is 17.1 Å². The van der Waals surface area contributed by atoms with Crippen molar-refractivity contribution in [3.63, 3.8) is 0 Å². The first kappa shape index (κ1) is 10.6. The number of aromatic nitrogens is 3. The Morgan fingerprint density at radius 1 is 1.11 bits per heavy atom. The number of hydrogen-bond donors (Lipinski definition) is 1. The Balaban J connectivity index is 2.22. The Labute approximate surface area is 102 Å². The molecule has 0 aliphatic carbocycles. The van der Waals surface area contributed by atoms with Crippen molar-refractivity contribution in [2.45, 2.75) is 0 Å². The van der Waals surface area contributed by atoms with Crippen molar-refractivity contribution in [2.75, 3.05) is 5.73 Å². The van der Waals surface area contributed by atoms with Crippen molar-refractivity contribution in [3.05, 3.63) is 48.5 Å². The van der Waals surface area contributed by atoms with Crippen molar-refractivity contribution in [2.24, 2.45) is 0 Å². The normalized spacial score (nSPS) is 10.7. The molecule has 0 spiro atoms. The largest absolute Gasteiger partial charge is 0.368 e. The number of nitrogens with two attached hydrogens (primary N) is 1. The monoisotopic (exact) mass is 240 g/mol. The van der Waals surface area contributed by atoms with E-state index in [0.29, 0.717) is 5.56 Å². The van der Waals surface area contributed by atoms with Gasteiger partial charge in [-0.1, -0.05) is 12.1 Å². The molecule has 0 fully saturated rings. The molecule has 0 atom stereocenters. The van der Waals surface area contributed by atoms with Crippen molar-refractivity contribution < 1.29 is 4.39 Å². The number of fused-ring (bicyclic) bond motifs is 1. The number of anilines is 1. The lowest BCUT2D eigenvalue weighted by Crippen LogP contribution is -1.98. The van der Waals surface area contributed by atoms with Crippen molar-refractivity contribution in [3.8, 4) is 11.3 Å². The van der Waals surface area contributed by atoms with Crippen molar-refractivity contribution >= 4 is 16.9 Å². The number of nitrogens with zero attached hydrogens (tertiary/aromatic N) is 3. The molecule has 0 amide bonds. The number of rotatable bonds is 1. The molecule has 0 aliphatic rings. The molecule has 2 heterocycles. The molecule has 1 aromatic carbocycles. The summed E-state index contributed by atoms with van der Waals surface area (Å²) in [5.41, 5.74) is 7.18. The average Bonchev–Trinajstić information content (AvgIpc) is 2.41. The van der Waals surface area contributed by atoms with Crippen molar-refractivity contribution in [1.29, 1.82) is 0 Å². The Bertz CT molecular complexity index is 727. The van der Waals surface area contributed by atoms with E-state index in [1.807, 2.05) is 24.3 Å². The van der Waals surface area contributed by atoms with E-state index < -0.39 is 5.82 Å². The number of halogens is 1. The van der Waals surface area contributed by atoms with Crippen LogP contribution in [0.3, 0.4) is 0 Å². The fourth-order valence-electron chi connectivity index (χ4n) is 1.81. The van der Waals surface area contributed by atoms with Gasteiger partial charge in [-0.05, 0) is 18.2 Å². The zero-order valence-corrected chi connectivity index (χ0v) is 9.34. The third-order valence-corrected chi connectivity index (χ3v) is 2.64. The van der Waals surface area contributed by atoms with E-state index in [2.05, 4.69) is 15.0 Å². The molecule has 3 aromatic rings. The Hall–Kier alpha value is -2.56. The SMILES string of the molecule is Nc1ncc(F)c(-c2ccc3ncccc3c2)n1. The molecule has 4 nitrogen and oxygen atoms in total. The van der Waals surface area contributed by atoms with Gasteiger partial charge in [0.15, 0.2) is 5.82 Å². The van der Waals surface area contributed by atoms with Crippen LogP contribution in [0.2, 0.25) is 0 Å². The molecule has 0 saturated heterocycles. The first-order valence-electron chi connectivity index (χ1n) is 5.37. The minimum Gasteiger partial charge on any atom is -0.368 e. The van der Waals surface area contributed by atoms with Crippen LogP contribution < -0.4 is 5.73 Å². The van der Waals surface area contributed by atoms with Crippen LogP contribution in [-0.2, 0) is 0 Å². The smallest absolute Gasteiger partial charge is 0.220 e. The van der Waals surface area contributed by atoms with Gasteiger partial charge < -0.3 is 5.73 Å². The Morgan fingerprint density at radius 3 is 2.89 bits per heavy atom. The molecule has 0 radical (unpaired) electrons. The summed E-state index contributed by atoms with van der Waals surface area (Å²) in [5.74, 6) is -0.440. The van der Waals surface area contributed by atoms with Gasteiger partial charge >= 0.3 is 0 Å². The molecule has 2 N–H and O–H groups in total. The molecule has 2 aromatic heterocycles. The molecule has 88 valence electrons. The highest BCUT2D eigenvalue weighted by atomic mass is 19.1. The van der Waals surface area contributed by atoms with Crippen LogP contribution in [0.4, 0.5) is 10.3 Å². The van der Waals surface area contributed by atoms with Crippen LogP contribution in [-0.4, -0.2) is 15.0 Å². The van der Waals surface area contributed by atoms with Gasteiger partial charge in [0.05, 0.1) is 11.7 Å². The maximum Gasteiger partial charge on any atom is 0.220 e. The quantitative estimate of drug-likeness (QED) is 0.709. The first-order valence-corrected chi connectivity index (χ1v) is 5.37. The third kappa shape index (κ3) is 1.75. The summed E-state index contributed by atoms with van der Waals surface area (Å²) < 4.78 is 13.7. The molecule has 0 saturated carbocycles. The van der Waals surface area contributed by atoms with E-state index in [-0.39, 0.29) is 11.6 Å². The number of pyridine rings is 1. The summed E-state index contributed by atoms with van der Waals surface area (Å²) in [4.78, 5) is 11.7. The second kappa shape index (κ2) is 4.03. The summed E-state index contributed by atoms with van der Waals surface area (Å²) >= 11 is 0. The summed E-state index contributed by atoms with van der Waals surface area (Å²) in [6.07, 6.45) is 2.79. The summed E-state index contributed by atoms with van der Waals surface area (Å²) in [6, 6.07) is 9.15. The fraction of sp³-hybridized carbons (Fsp3) is 0. The third-order valence-electron chi connectivity index (χ3n) is 2.64. The molecule has 18 heavy (non-hydrogen) atoms. The summed E-state index contributed by atoms with van der Waals surface area (Å²) in [5, 5.41) is 0.923. The van der Waals surface area contributed by atoms with Crippen LogP contribution in [0.25, 0.3) is 22.2 Å². The molecular weight excluding hydrogens is 231 g/mol. The van der Waals surface area contributed by atoms with E-state index >= 15 is 0 Å². The lowest BCUT2D eigenvalue weighted by atomic mass is 10.1. The predicted octanol–water partition coefficient (Wildman–Crippen LogP) is 2.41. The average molecular weight is 240 g/mol. The summed E-state index contributed by atoms with van der Waals surface area (Å²) in [6.45, 7) is 0. The lowest BCUT2D eigenvalue weighted by Gasteiger charge is -2.04. The number of benzene rings is 1. The molecule has 0 unspecified atom stereocenters. The Kier molecular flexibility index (Phi) is 2.37. The zero-order chi connectivity index (χ0) is 12.5. The van der Waals surface area contributed by atoms with E-state index in [4.69, 9.17) is 5.73 Å². The second-order valence-corrected chi connectivity index (χ2v) is 3.84. The van der Waals surface area contributed by atoms with Gasteiger partial charge in [-0.3, -0.25) is 4.98 Å². The molecular formula is C13H9FN4. The fourth-order valence-corrected chi connectivity index (χ4v) is 1.81. The zero-order valence-electron chi connectivity index (χ0n) is 9.34. The first-order chi connectivity index (χ1) is 8.74. The summed E-state index contributed by atoms with van der Waals surface area (Å²) in [7, 11) is 0. The van der Waals surface area contributed by atoms with E-state index in [9.17, 15) is 4.39 Å². The maximum absolute atomic E-state index is 13.7. The van der Waals surface area contributed by atoms with Gasteiger partial charge in [0.25, 0.3) is 0 Å². The van der Waals surface area contributed by atoms with E-state index in [1.165, 1.54) is 0 Å². The highest BCUT2D eigenvalue weighted by molar-refractivity contribution is 5.83. The molecule has 3 rings (SSSR count). The van der Waals surface area contributed by atoms with Gasteiger partial charge in [0.1, 0.15) is 5.69 Å². The minimum absolute atomic E-state index is 0.0534. The van der Waals surface area contributed by atoms with Crippen molar-refractivity contribution in [1.82, 2.24) is 15.0 Å². The highest BCUT2D eigenvalue weighted by Gasteiger charge is 2.09. The van der Waals surface area contributed by atoms with E-state index in [1.54, 1.807) is 12.3 Å². The Morgan fingerprint density at radius 2 is 2.00 bits per heavy atom. The predicted molar refractivity (Wildman–Crippen MR) is 67.1 cm³/mol. The minimum atomic E-state index is -0.493. The number of hydrogen-bond acceptors (Lipinski definition) is 4. The van der Waals surface area contributed by atoms with Crippen LogP contribution in [0.1, 0.15) is 0 Å². The highest BCUT2D eigenvalue weighted by Crippen LogP contribution is 2.24. The standard InChI is InChI=1S/C13H9FN4/c14-10-7-17-13(15)18-12(10)9-3-4-11-8(6-9)2-1-5-16-11/h1-7H,(H2,15,17,18). The maximum atomic E-state index is 13.7. The topological polar surface area (TPSA) is 64.7 Å². The van der Waals surface area contributed by atoms with Gasteiger partial charge in [-0.25, -0.2) is 14.4 Å². The van der Waals surface area contributed by atoms with Crippen LogP contribution >= 0.6 is 0 Å². The van der Waals surface area contributed by atoms with Gasteiger partial charge in [0, 0.05) is 17.1 Å². The lowest BCUT2D eigenvalue weighted by molar-refractivity contribution is 0.619. The van der Waals surface area contributed by atoms with Crippen LogP contribution in [0, 0.1) is 5.82 Å². The van der Waals surface area contributed by atoms with Crippen LogP contribution in [0.5, 0.6) is 0 Å². The van der Waals surface area contributed by atoms with Gasteiger partial charge in [-0.2, -0.15) is 0 Å².